The second-order valence-electron chi connectivity index (χ2n) is 7.56. The number of hydrogen-bond donors (Lipinski definition) is 1. The maximum atomic E-state index is 13.1. The summed E-state index contributed by atoms with van der Waals surface area (Å²) in [4.78, 5) is 12.7. The minimum Gasteiger partial charge on any atom is -0.439 e. The molecule has 0 spiro atoms. The van der Waals surface area contributed by atoms with Crippen LogP contribution >= 0.6 is 15.9 Å². The maximum absolute atomic E-state index is 13.1. The van der Waals surface area contributed by atoms with Gasteiger partial charge in [0.25, 0.3) is 15.9 Å². The van der Waals surface area contributed by atoms with E-state index in [2.05, 4.69) is 21.2 Å². The van der Waals surface area contributed by atoms with E-state index in [1.807, 2.05) is 0 Å². The van der Waals surface area contributed by atoms with Crippen LogP contribution in [0.25, 0.3) is 0 Å². The number of anilines is 2. The zero-order valence-electron chi connectivity index (χ0n) is 19.0. The van der Waals surface area contributed by atoms with E-state index in [9.17, 15) is 21.6 Å². The van der Waals surface area contributed by atoms with Gasteiger partial charge < -0.3 is 9.73 Å². The summed E-state index contributed by atoms with van der Waals surface area (Å²) >= 11 is 3.25. The Morgan fingerprint density at radius 2 is 1.44 bits per heavy atom. The molecule has 0 aliphatic carbocycles. The summed E-state index contributed by atoms with van der Waals surface area (Å²) in [6.45, 7) is 1.99. The van der Waals surface area contributed by atoms with Gasteiger partial charge >= 0.3 is 0 Å². The van der Waals surface area contributed by atoms with Gasteiger partial charge in [-0.3, -0.25) is 9.10 Å². The highest BCUT2D eigenvalue weighted by Crippen LogP contribution is 2.26. The number of amides is 1. The van der Waals surface area contributed by atoms with Crippen LogP contribution in [-0.4, -0.2) is 29.3 Å². The van der Waals surface area contributed by atoms with E-state index in [4.69, 9.17) is 4.42 Å². The monoisotopic (exact) mass is 588 g/mol. The normalized spacial score (nSPS) is 11.7. The Kier molecular flexibility index (Phi) is 7.34. The van der Waals surface area contributed by atoms with Crippen LogP contribution in [0.1, 0.15) is 17.5 Å². The molecule has 0 bridgehead atoms. The number of halogens is 1. The second-order valence-corrected chi connectivity index (χ2v) is 12.2. The zero-order valence-corrected chi connectivity index (χ0v) is 22.2. The summed E-state index contributed by atoms with van der Waals surface area (Å²) in [6.07, 6.45) is 0. The molecule has 0 aliphatic rings. The number of nitrogens with one attached hydrogen (secondary N) is 1. The minimum atomic E-state index is -3.94. The van der Waals surface area contributed by atoms with Crippen molar-refractivity contribution in [1.29, 1.82) is 0 Å². The highest BCUT2D eigenvalue weighted by Gasteiger charge is 2.25. The summed E-state index contributed by atoms with van der Waals surface area (Å²) < 4.78 is 59.1. The number of benzene rings is 3. The Bertz CT molecular complexity index is 1580. The first kappa shape index (κ1) is 25.7. The fourth-order valence-corrected chi connectivity index (χ4v) is 6.34. The van der Waals surface area contributed by atoms with E-state index in [0.717, 1.165) is 4.47 Å². The van der Waals surface area contributed by atoms with E-state index in [0.29, 0.717) is 11.4 Å². The molecule has 0 radical (unpaired) electrons. The molecule has 0 fully saturated rings. The smallest absolute Gasteiger partial charge is 0.291 e. The number of carbonyl (C=O) groups is 1. The van der Waals surface area contributed by atoms with Crippen LogP contribution in [0.2, 0.25) is 0 Å². The molecule has 1 aromatic heterocycles. The SMILES string of the molecule is CCN(c1ccccc1)S(=O)(=O)c1ccc(NC(=O)c2ccc(S(=O)(=O)c3ccc(Br)cc3)o2)cc1. The summed E-state index contributed by atoms with van der Waals surface area (Å²) in [6, 6.07) is 22.9. The second kappa shape index (κ2) is 10.3. The Morgan fingerprint density at radius 1 is 0.833 bits per heavy atom. The molecule has 1 heterocycles. The first-order valence-electron chi connectivity index (χ1n) is 10.7. The van der Waals surface area contributed by atoms with Crippen molar-refractivity contribution >= 4 is 53.1 Å². The lowest BCUT2D eigenvalue weighted by Crippen LogP contribution is -2.30. The van der Waals surface area contributed by atoms with Gasteiger partial charge in [-0.1, -0.05) is 34.1 Å². The van der Waals surface area contributed by atoms with Gasteiger partial charge in [-0.05, 0) is 79.7 Å². The number of furan rings is 1. The third-order valence-electron chi connectivity index (χ3n) is 5.23. The largest absolute Gasteiger partial charge is 0.439 e. The molecule has 0 atom stereocenters. The highest BCUT2D eigenvalue weighted by molar-refractivity contribution is 9.10. The number of rotatable bonds is 8. The predicted octanol–water partition coefficient (Wildman–Crippen LogP) is 5.34. The molecule has 1 amide bonds. The van der Waals surface area contributed by atoms with Crippen molar-refractivity contribution in [1.82, 2.24) is 0 Å². The minimum absolute atomic E-state index is 0.0282. The van der Waals surface area contributed by atoms with Crippen molar-refractivity contribution in [2.45, 2.75) is 21.8 Å². The van der Waals surface area contributed by atoms with Crippen LogP contribution in [0.15, 0.2) is 115 Å². The van der Waals surface area contributed by atoms with Crippen LogP contribution in [0, 0.1) is 0 Å². The Hall–Kier alpha value is -3.41. The molecule has 0 aliphatic heterocycles. The first-order valence-corrected chi connectivity index (χ1v) is 14.4. The van der Waals surface area contributed by atoms with Gasteiger partial charge in [-0.2, -0.15) is 0 Å². The van der Waals surface area contributed by atoms with Crippen molar-refractivity contribution in [2.75, 3.05) is 16.2 Å². The molecule has 0 saturated heterocycles. The standard InChI is InChI=1S/C25H21BrN2O6S2/c1-2-28(20-6-4-3-5-7-20)36(32,33)22-14-10-19(11-15-22)27-25(29)23-16-17-24(34-23)35(30,31)21-12-8-18(26)9-13-21/h3-17H,2H2,1H3,(H,27,29). The summed E-state index contributed by atoms with van der Waals surface area (Å²) in [5, 5.41) is 2.22. The lowest BCUT2D eigenvalue weighted by molar-refractivity contribution is 0.0991. The van der Waals surface area contributed by atoms with Crippen LogP contribution in [0.5, 0.6) is 0 Å². The molecule has 0 saturated carbocycles. The van der Waals surface area contributed by atoms with E-state index < -0.39 is 25.8 Å². The molecule has 36 heavy (non-hydrogen) atoms. The number of para-hydroxylation sites is 1. The molecule has 186 valence electrons. The van der Waals surface area contributed by atoms with Crippen LogP contribution in [-0.2, 0) is 19.9 Å². The zero-order chi connectivity index (χ0) is 25.9. The number of sulfone groups is 1. The molecule has 3 aromatic carbocycles. The van der Waals surface area contributed by atoms with Crippen LogP contribution in [0.4, 0.5) is 11.4 Å². The van der Waals surface area contributed by atoms with Crippen molar-refractivity contribution in [3.8, 4) is 0 Å². The Labute approximate surface area is 217 Å². The Balaban J connectivity index is 1.50. The lowest BCUT2D eigenvalue weighted by atomic mass is 10.3. The van der Waals surface area contributed by atoms with Crippen molar-refractivity contribution in [2.24, 2.45) is 0 Å². The topological polar surface area (TPSA) is 114 Å². The number of sulfonamides is 1. The summed E-state index contributed by atoms with van der Waals surface area (Å²) in [7, 11) is -7.75. The van der Waals surface area contributed by atoms with E-state index in [1.165, 1.54) is 52.8 Å². The molecule has 4 rings (SSSR count). The summed E-state index contributed by atoms with van der Waals surface area (Å²) in [5.41, 5.74) is 0.861. The maximum Gasteiger partial charge on any atom is 0.291 e. The van der Waals surface area contributed by atoms with E-state index >= 15 is 0 Å². The molecular weight excluding hydrogens is 568 g/mol. The Morgan fingerprint density at radius 3 is 2.06 bits per heavy atom. The third kappa shape index (κ3) is 5.23. The predicted molar refractivity (Wildman–Crippen MR) is 139 cm³/mol. The quantitative estimate of drug-likeness (QED) is 0.297. The van der Waals surface area contributed by atoms with Gasteiger partial charge in [0.1, 0.15) is 0 Å². The van der Waals surface area contributed by atoms with E-state index in [-0.39, 0.29) is 27.2 Å². The molecule has 0 unspecified atom stereocenters. The van der Waals surface area contributed by atoms with Gasteiger partial charge in [0.2, 0.25) is 14.9 Å². The molecule has 4 aromatic rings. The average Bonchev–Trinajstić information content (AvgIpc) is 3.37. The third-order valence-corrected chi connectivity index (χ3v) is 9.31. The van der Waals surface area contributed by atoms with Gasteiger partial charge in [-0.25, -0.2) is 16.8 Å². The number of carbonyl (C=O) groups excluding carboxylic acids is 1. The van der Waals surface area contributed by atoms with Crippen molar-refractivity contribution in [3.63, 3.8) is 0 Å². The van der Waals surface area contributed by atoms with Gasteiger partial charge in [0.15, 0.2) is 5.76 Å². The number of nitrogens with zero attached hydrogens (tertiary/aromatic N) is 1. The van der Waals surface area contributed by atoms with Gasteiger partial charge in [0, 0.05) is 16.7 Å². The van der Waals surface area contributed by atoms with Gasteiger partial charge in [0.05, 0.1) is 15.5 Å². The molecular formula is C25H21BrN2O6S2. The number of hydrogen-bond acceptors (Lipinski definition) is 6. The van der Waals surface area contributed by atoms with Crippen LogP contribution in [0.3, 0.4) is 0 Å². The highest BCUT2D eigenvalue weighted by atomic mass is 79.9. The fourth-order valence-electron chi connectivity index (χ4n) is 3.43. The van der Waals surface area contributed by atoms with Gasteiger partial charge in [-0.15, -0.1) is 0 Å². The van der Waals surface area contributed by atoms with Crippen molar-refractivity contribution in [3.05, 3.63) is 101 Å². The van der Waals surface area contributed by atoms with Crippen LogP contribution < -0.4 is 9.62 Å². The fraction of sp³-hybridized carbons (Fsp3) is 0.0800. The summed E-state index contributed by atoms with van der Waals surface area (Å²) in [5.74, 6) is -0.883. The van der Waals surface area contributed by atoms with Crippen molar-refractivity contribution < 1.29 is 26.0 Å². The molecule has 8 nitrogen and oxygen atoms in total. The van der Waals surface area contributed by atoms with E-state index in [1.54, 1.807) is 49.4 Å². The molecule has 11 heteroatoms. The first-order chi connectivity index (χ1) is 17.1. The molecule has 1 N–H and O–H groups in total. The average molecular weight is 589 g/mol. The lowest BCUT2D eigenvalue weighted by Gasteiger charge is -2.23.